The lowest BCUT2D eigenvalue weighted by atomic mass is 9.47. The summed E-state index contributed by atoms with van der Waals surface area (Å²) < 4.78 is 0. The summed E-state index contributed by atoms with van der Waals surface area (Å²) in [7, 11) is 0. The van der Waals surface area contributed by atoms with Crippen LogP contribution in [0.4, 0.5) is 0 Å². The SMILES string of the molecule is NC(CC(=O)NC1CC1)C12CC3CC(CC(C3)C1)C2. The summed E-state index contributed by atoms with van der Waals surface area (Å²) in [5.74, 6) is 2.96. The van der Waals surface area contributed by atoms with Crippen LogP contribution in [0.5, 0.6) is 0 Å². The molecule has 106 valence electrons. The van der Waals surface area contributed by atoms with Gasteiger partial charge in [0.15, 0.2) is 0 Å². The number of rotatable bonds is 4. The summed E-state index contributed by atoms with van der Waals surface area (Å²) in [6.07, 6.45) is 11.1. The van der Waals surface area contributed by atoms with Gasteiger partial charge in [0.1, 0.15) is 0 Å². The van der Waals surface area contributed by atoms with E-state index >= 15 is 0 Å². The van der Waals surface area contributed by atoms with Crippen molar-refractivity contribution in [3.8, 4) is 0 Å². The van der Waals surface area contributed by atoms with E-state index in [-0.39, 0.29) is 11.9 Å². The molecular weight excluding hydrogens is 236 g/mol. The Labute approximate surface area is 115 Å². The van der Waals surface area contributed by atoms with Crippen LogP contribution in [0.1, 0.15) is 57.8 Å². The fourth-order valence-corrected chi connectivity index (χ4v) is 5.56. The highest BCUT2D eigenvalue weighted by Gasteiger charge is 2.53. The first-order valence-corrected chi connectivity index (χ1v) is 8.18. The zero-order valence-electron chi connectivity index (χ0n) is 11.7. The second kappa shape index (κ2) is 4.21. The summed E-state index contributed by atoms with van der Waals surface area (Å²) in [5.41, 5.74) is 6.82. The van der Waals surface area contributed by atoms with Gasteiger partial charge in [-0.25, -0.2) is 0 Å². The second-order valence-electron chi connectivity index (χ2n) is 7.93. The Hall–Kier alpha value is -0.570. The van der Waals surface area contributed by atoms with E-state index in [1.807, 2.05) is 0 Å². The molecule has 1 atom stereocenters. The molecule has 5 rings (SSSR count). The summed E-state index contributed by atoms with van der Waals surface area (Å²) in [4.78, 5) is 12.0. The zero-order valence-corrected chi connectivity index (χ0v) is 11.7. The molecule has 0 aromatic heterocycles. The minimum Gasteiger partial charge on any atom is -0.353 e. The third-order valence-electron chi connectivity index (χ3n) is 6.22. The van der Waals surface area contributed by atoms with Crippen molar-refractivity contribution in [3.63, 3.8) is 0 Å². The first kappa shape index (κ1) is 12.2. The Kier molecular flexibility index (Phi) is 2.70. The van der Waals surface area contributed by atoms with Crippen molar-refractivity contribution in [1.82, 2.24) is 5.32 Å². The highest BCUT2D eigenvalue weighted by atomic mass is 16.1. The molecule has 1 amide bonds. The van der Waals surface area contributed by atoms with Crippen LogP contribution in [0.25, 0.3) is 0 Å². The molecule has 5 fully saturated rings. The van der Waals surface area contributed by atoms with Crippen LogP contribution in [0.2, 0.25) is 0 Å². The molecule has 5 aliphatic rings. The molecule has 0 radical (unpaired) electrons. The summed E-state index contributed by atoms with van der Waals surface area (Å²) in [5, 5.41) is 3.10. The predicted octanol–water partition coefficient (Wildman–Crippen LogP) is 2.20. The van der Waals surface area contributed by atoms with Gasteiger partial charge in [0, 0.05) is 18.5 Å². The van der Waals surface area contributed by atoms with Crippen molar-refractivity contribution in [2.24, 2.45) is 28.9 Å². The highest BCUT2D eigenvalue weighted by molar-refractivity contribution is 5.77. The number of carbonyl (C=O) groups is 1. The molecule has 3 heteroatoms. The molecule has 5 saturated carbocycles. The van der Waals surface area contributed by atoms with Gasteiger partial charge in [-0.2, -0.15) is 0 Å². The van der Waals surface area contributed by atoms with E-state index in [0.29, 0.717) is 17.9 Å². The van der Waals surface area contributed by atoms with E-state index < -0.39 is 0 Å². The van der Waals surface area contributed by atoms with Crippen LogP contribution in [-0.4, -0.2) is 18.0 Å². The minimum atomic E-state index is 0.0969. The molecule has 4 bridgehead atoms. The van der Waals surface area contributed by atoms with Crippen molar-refractivity contribution >= 4 is 5.91 Å². The third kappa shape index (κ3) is 2.20. The largest absolute Gasteiger partial charge is 0.353 e. The lowest BCUT2D eigenvalue weighted by Gasteiger charge is -2.58. The molecular formula is C16H26N2O. The lowest BCUT2D eigenvalue weighted by molar-refractivity contribution is -0.124. The summed E-state index contributed by atoms with van der Waals surface area (Å²) >= 11 is 0. The average molecular weight is 262 g/mol. The quantitative estimate of drug-likeness (QED) is 0.816. The van der Waals surface area contributed by atoms with Crippen LogP contribution in [0, 0.1) is 23.2 Å². The minimum absolute atomic E-state index is 0.0969. The smallest absolute Gasteiger partial charge is 0.221 e. The van der Waals surface area contributed by atoms with E-state index in [9.17, 15) is 4.79 Å². The Bertz CT molecular complexity index is 353. The molecule has 0 heterocycles. The van der Waals surface area contributed by atoms with E-state index in [1.165, 1.54) is 51.4 Å². The molecule has 0 aromatic carbocycles. The van der Waals surface area contributed by atoms with Gasteiger partial charge in [-0.15, -0.1) is 0 Å². The summed E-state index contributed by atoms with van der Waals surface area (Å²) in [6.45, 7) is 0. The third-order valence-corrected chi connectivity index (χ3v) is 6.22. The Morgan fingerprint density at radius 3 is 2.11 bits per heavy atom. The number of amides is 1. The number of hydrogen-bond donors (Lipinski definition) is 2. The van der Waals surface area contributed by atoms with Crippen LogP contribution in [0.15, 0.2) is 0 Å². The molecule has 0 saturated heterocycles. The van der Waals surface area contributed by atoms with Crippen LogP contribution in [0.3, 0.4) is 0 Å². The van der Waals surface area contributed by atoms with Gasteiger partial charge in [0.05, 0.1) is 0 Å². The standard InChI is InChI=1S/C16H26N2O/c17-14(6-15(19)18-13-1-2-13)16-7-10-3-11(8-16)5-12(4-10)9-16/h10-14H,1-9,17H2,(H,18,19). The normalized spacial score (nSPS) is 45.2. The Balaban J connectivity index is 1.43. The number of nitrogens with one attached hydrogen (secondary N) is 1. The first-order valence-electron chi connectivity index (χ1n) is 8.18. The van der Waals surface area contributed by atoms with E-state index in [2.05, 4.69) is 5.32 Å². The maximum atomic E-state index is 12.0. The molecule has 0 aromatic rings. The molecule has 19 heavy (non-hydrogen) atoms. The van der Waals surface area contributed by atoms with Crippen molar-refractivity contribution in [3.05, 3.63) is 0 Å². The topological polar surface area (TPSA) is 55.1 Å². The highest BCUT2D eigenvalue weighted by Crippen LogP contribution is 2.61. The molecule has 3 N–H and O–H groups in total. The van der Waals surface area contributed by atoms with Gasteiger partial charge in [0.25, 0.3) is 0 Å². The van der Waals surface area contributed by atoms with Crippen LogP contribution < -0.4 is 11.1 Å². The second-order valence-corrected chi connectivity index (χ2v) is 7.93. The van der Waals surface area contributed by atoms with Gasteiger partial charge < -0.3 is 11.1 Å². The maximum Gasteiger partial charge on any atom is 0.221 e. The molecule has 5 aliphatic carbocycles. The average Bonchev–Trinajstić information content (AvgIpc) is 3.10. The predicted molar refractivity (Wildman–Crippen MR) is 74.4 cm³/mol. The zero-order chi connectivity index (χ0) is 13.0. The molecule has 0 spiro atoms. The van der Waals surface area contributed by atoms with E-state index in [0.717, 1.165) is 17.8 Å². The van der Waals surface area contributed by atoms with Crippen molar-refractivity contribution in [2.45, 2.75) is 69.9 Å². The maximum absolute atomic E-state index is 12.0. The van der Waals surface area contributed by atoms with Gasteiger partial charge in [-0.05, 0) is 74.5 Å². The van der Waals surface area contributed by atoms with Crippen molar-refractivity contribution < 1.29 is 4.79 Å². The monoisotopic (exact) mass is 262 g/mol. The van der Waals surface area contributed by atoms with E-state index in [1.54, 1.807) is 0 Å². The van der Waals surface area contributed by atoms with E-state index in [4.69, 9.17) is 5.73 Å². The first-order chi connectivity index (χ1) is 9.13. The molecule has 0 aliphatic heterocycles. The van der Waals surface area contributed by atoms with Gasteiger partial charge >= 0.3 is 0 Å². The van der Waals surface area contributed by atoms with Gasteiger partial charge in [0.2, 0.25) is 5.91 Å². The fraction of sp³-hybridized carbons (Fsp3) is 0.938. The van der Waals surface area contributed by atoms with Crippen LogP contribution >= 0.6 is 0 Å². The van der Waals surface area contributed by atoms with Crippen molar-refractivity contribution in [2.75, 3.05) is 0 Å². The Morgan fingerprint density at radius 1 is 1.11 bits per heavy atom. The number of nitrogens with two attached hydrogens (primary N) is 1. The number of carbonyl (C=O) groups excluding carboxylic acids is 1. The lowest BCUT2D eigenvalue weighted by Crippen LogP contribution is -2.55. The van der Waals surface area contributed by atoms with Crippen molar-refractivity contribution in [1.29, 1.82) is 0 Å². The van der Waals surface area contributed by atoms with Crippen LogP contribution in [-0.2, 0) is 4.79 Å². The summed E-state index contributed by atoms with van der Waals surface area (Å²) in [6, 6.07) is 0.565. The van der Waals surface area contributed by atoms with Gasteiger partial charge in [-0.1, -0.05) is 0 Å². The van der Waals surface area contributed by atoms with Gasteiger partial charge in [-0.3, -0.25) is 4.79 Å². The fourth-order valence-electron chi connectivity index (χ4n) is 5.56. The molecule has 1 unspecified atom stereocenters. The number of hydrogen-bond acceptors (Lipinski definition) is 2. The Morgan fingerprint density at radius 2 is 1.63 bits per heavy atom. The molecule has 3 nitrogen and oxygen atoms in total.